The van der Waals surface area contributed by atoms with Gasteiger partial charge in [0.15, 0.2) is 0 Å². The first-order valence-electron chi connectivity index (χ1n) is 7.90. The van der Waals surface area contributed by atoms with E-state index < -0.39 is 29.7 Å². The van der Waals surface area contributed by atoms with Crippen LogP contribution in [0.15, 0.2) is 66.7 Å². The predicted molar refractivity (Wildman–Crippen MR) is 94.0 cm³/mol. The minimum atomic E-state index is -4.53. The normalized spacial score (nSPS) is 20.6. The van der Waals surface area contributed by atoms with Gasteiger partial charge in [-0.15, -0.1) is 11.3 Å². The van der Waals surface area contributed by atoms with Crippen LogP contribution in [-0.2, 0) is 15.7 Å². The third-order valence-electron chi connectivity index (χ3n) is 4.50. The van der Waals surface area contributed by atoms with Crippen LogP contribution in [0.2, 0.25) is 0 Å². The number of carbonyl (C=O) groups excluding carboxylic acids is 1. The van der Waals surface area contributed by atoms with Crippen LogP contribution in [0.1, 0.15) is 28.0 Å². The summed E-state index contributed by atoms with van der Waals surface area (Å²) in [5.74, 6) is -1.29. The van der Waals surface area contributed by atoms with Crippen LogP contribution in [0.4, 0.5) is 13.2 Å². The van der Waals surface area contributed by atoms with Crippen molar-refractivity contribution in [3.05, 3.63) is 82.8 Å². The number of thiophene rings is 1. The lowest BCUT2D eigenvalue weighted by Crippen LogP contribution is -2.14. The van der Waals surface area contributed by atoms with Crippen molar-refractivity contribution in [1.82, 2.24) is 0 Å². The Morgan fingerprint density at radius 3 is 2.46 bits per heavy atom. The molecule has 2 unspecified atom stereocenters. The van der Waals surface area contributed by atoms with E-state index >= 15 is 0 Å². The second-order valence-electron chi connectivity index (χ2n) is 6.10. The van der Waals surface area contributed by atoms with Gasteiger partial charge in [0, 0.05) is 20.7 Å². The van der Waals surface area contributed by atoms with Crippen molar-refractivity contribution in [3.63, 3.8) is 0 Å². The van der Waals surface area contributed by atoms with Gasteiger partial charge in [-0.05, 0) is 23.6 Å². The third kappa shape index (κ3) is 2.70. The summed E-state index contributed by atoms with van der Waals surface area (Å²) < 4.78 is 46.6. The SMILES string of the molecule is C=C1C(=O)OC(c2ccccc2C(F)(F)F)C1c1cc2ccccc2s1. The van der Waals surface area contributed by atoms with Crippen LogP contribution in [0, 0.1) is 0 Å². The maximum absolute atomic E-state index is 13.4. The molecule has 2 nitrogen and oxygen atoms in total. The first-order chi connectivity index (χ1) is 12.4. The van der Waals surface area contributed by atoms with Crippen LogP contribution in [0.25, 0.3) is 10.1 Å². The zero-order chi connectivity index (χ0) is 18.5. The number of hydrogen-bond donors (Lipinski definition) is 0. The van der Waals surface area contributed by atoms with Crippen molar-refractivity contribution in [2.24, 2.45) is 0 Å². The maximum Gasteiger partial charge on any atom is 0.416 e. The number of carbonyl (C=O) groups is 1. The molecule has 2 aromatic carbocycles. The van der Waals surface area contributed by atoms with Gasteiger partial charge in [-0.25, -0.2) is 4.79 Å². The summed E-state index contributed by atoms with van der Waals surface area (Å²) in [5.41, 5.74) is -0.661. The van der Waals surface area contributed by atoms with E-state index in [1.807, 2.05) is 30.3 Å². The minimum absolute atomic E-state index is 0.0468. The molecule has 26 heavy (non-hydrogen) atoms. The Morgan fingerprint density at radius 1 is 1.04 bits per heavy atom. The molecular formula is C20H13F3O2S. The molecule has 0 bridgehead atoms. The fraction of sp³-hybridized carbons (Fsp3) is 0.150. The molecule has 2 atom stereocenters. The highest BCUT2D eigenvalue weighted by molar-refractivity contribution is 7.19. The highest BCUT2D eigenvalue weighted by atomic mass is 32.1. The molecule has 132 valence electrons. The maximum atomic E-state index is 13.4. The number of cyclic esters (lactones) is 1. The summed E-state index contributed by atoms with van der Waals surface area (Å²) in [4.78, 5) is 12.9. The van der Waals surface area contributed by atoms with E-state index in [4.69, 9.17) is 4.74 Å². The molecule has 2 heterocycles. The van der Waals surface area contributed by atoms with Gasteiger partial charge < -0.3 is 4.74 Å². The van der Waals surface area contributed by atoms with Gasteiger partial charge in [0.05, 0.1) is 11.5 Å². The molecule has 0 aliphatic carbocycles. The molecule has 6 heteroatoms. The Morgan fingerprint density at radius 2 is 1.73 bits per heavy atom. The topological polar surface area (TPSA) is 26.3 Å². The Hall–Kier alpha value is -2.60. The van der Waals surface area contributed by atoms with Crippen LogP contribution in [0.3, 0.4) is 0 Å². The Kier molecular flexibility index (Phi) is 3.88. The fourth-order valence-electron chi connectivity index (χ4n) is 3.29. The molecule has 0 radical (unpaired) electrons. The molecule has 3 aromatic rings. The largest absolute Gasteiger partial charge is 0.453 e. The Labute approximate surface area is 151 Å². The van der Waals surface area contributed by atoms with Gasteiger partial charge in [0.25, 0.3) is 0 Å². The van der Waals surface area contributed by atoms with Crippen molar-refractivity contribution < 1.29 is 22.7 Å². The number of rotatable bonds is 2. The average Bonchev–Trinajstić information content (AvgIpc) is 3.15. The fourth-order valence-corrected chi connectivity index (χ4v) is 4.52. The predicted octanol–water partition coefficient (Wildman–Crippen LogP) is 5.86. The standard InChI is InChI=1S/C20H13F3O2S/c1-11-17(16-10-12-6-2-5-9-15(12)26-16)18(25-19(11)24)13-7-3-4-8-14(13)20(21,22)23/h2-10,17-18H,1H2. The molecular weight excluding hydrogens is 361 g/mol. The molecule has 0 spiro atoms. The molecule has 0 N–H and O–H groups in total. The number of fused-ring (bicyclic) bond motifs is 1. The van der Waals surface area contributed by atoms with Crippen molar-refractivity contribution in [2.75, 3.05) is 0 Å². The second kappa shape index (κ2) is 5.99. The van der Waals surface area contributed by atoms with Gasteiger partial charge in [0.2, 0.25) is 0 Å². The van der Waals surface area contributed by atoms with Crippen LogP contribution >= 0.6 is 11.3 Å². The van der Waals surface area contributed by atoms with Crippen LogP contribution in [0.5, 0.6) is 0 Å². The first kappa shape index (κ1) is 16.8. The number of alkyl halides is 3. The van der Waals surface area contributed by atoms with E-state index in [0.717, 1.165) is 21.0 Å². The highest BCUT2D eigenvalue weighted by Gasteiger charge is 2.45. The zero-order valence-electron chi connectivity index (χ0n) is 13.4. The number of halogens is 3. The van der Waals surface area contributed by atoms with E-state index in [1.54, 1.807) is 0 Å². The number of esters is 1. The summed E-state index contributed by atoms with van der Waals surface area (Å²) in [5, 5.41) is 0.975. The number of ether oxygens (including phenoxy) is 1. The third-order valence-corrected chi connectivity index (χ3v) is 5.70. The second-order valence-corrected chi connectivity index (χ2v) is 7.22. The molecule has 1 saturated heterocycles. The molecule has 0 amide bonds. The lowest BCUT2D eigenvalue weighted by Gasteiger charge is -2.21. The summed E-state index contributed by atoms with van der Waals surface area (Å²) in [7, 11) is 0. The summed E-state index contributed by atoms with van der Waals surface area (Å²) in [6, 6.07) is 14.7. The van der Waals surface area contributed by atoms with Crippen molar-refractivity contribution >= 4 is 27.4 Å². The van der Waals surface area contributed by atoms with Gasteiger partial charge in [0.1, 0.15) is 6.10 Å². The quantitative estimate of drug-likeness (QED) is 0.415. The van der Waals surface area contributed by atoms with E-state index in [0.29, 0.717) is 0 Å². The lowest BCUT2D eigenvalue weighted by atomic mass is 9.88. The van der Waals surface area contributed by atoms with Crippen molar-refractivity contribution in [1.29, 1.82) is 0 Å². The van der Waals surface area contributed by atoms with E-state index in [-0.39, 0.29) is 11.1 Å². The molecule has 1 fully saturated rings. The molecule has 1 aromatic heterocycles. The van der Waals surface area contributed by atoms with E-state index in [1.165, 1.54) is 29.5 Å². The van der Waals surface area contributed by atoms with E-state index in [2.05, 4.69) is 6.58 Å². The van der Waals surface area contributed by atoms with Crippen molar-refractivity contribution in [2.45, 2.75) is 18.2 Å². The summed E-state index contributed by atoms with van der Waals surface area (Å²) >= 11 is 1.44. The van der Waals surface area contributed by atoms with Crippen LogP contribution < -0.4 is 0 Å². The van der Waals surface area contributed by atoms with Crippen LogP contribution in [-0.4, -0.2) is 5.97 Å². The molecule has 1 aliphatic rings. The highest BCUT2D eigenvalue weighted by Crippen LogP contribution is 2.50. The monoisotopic (exact) mass is 374 g/mol. The smallest absolute Gasteiger partial charge is 0.416 e. The minimum Gasteiger partial charge on any atom is -0.453 e. The Bertz CT molecular complexity index is 986. The van der Waals surface area contributed by atoms with Crippen molar-refractivity contribution in [3.8, 4) is 0 Å². The molecule has 4 rings (SSSR count). The zero-order valence-corrected chi connectivity index (χ0v) is 14.2. The molecule has 0 saturated carbocycles. The van der Waals surface area contributed by atoms with Gasteiger partial charge in [-0.2, -0.15) is 13.2 Å². The number of benzene rings is 2. The van der Waals surface area contributed by atoms with Gasteiger partial charge >= 0.3 is 12.1 Å². The van der Waals surface area contributed by atoms with Gasteiger partial charge in [-0.3, -0.25) is 0 Å². The average molecular weight is 374 g/mol. The molecule has 1 aliphatic heterocycles. The lowest BCUT2D eigenvalue weighted by molar-refractivity contribution is -0.144. The van der Waals surface area contributed by atoms with E-state index in [9.17, 15) is 18.0 Å². The number of hydrogen-bond acceptors (Lipinski definition) is 3. The summed E-state index contributed by atoms with van der Waals surface area (Å²) in [6.45, 7) is 3.78. The Balaban J connectivity index is 1.86. The van der Waals surface area contributed by atoms with Gasteiger partial charge in [-0.1, -0.05) is 43.0 Å². The summed E-state index contributed by atoms with van der Waals surface area (Å²) in [6.07, 6.45) is -5.57. The first-order valence-corrected chi connectivity index (χ1v) is 8.72.